The molecule has 1 aliphatic carbocycles. The summed E-state index contributed by atoms with van der Waals surface area (Å²) in [6.45, 7) is 6.14. The van der Waals surface area contributed by atoms with Gasteiger partial charge in [-0.1, -0.05) is 6.42 Å². The fraction of sp³-hybridized carbons (Fsp3) is 0.938. The van der Waals surface area contributed by atoms with Crippen molar-refractivity contribution in [3.8, 4) is 0 Å². The van der Waals surface area contributed by atoms with Gasteiger partial charge in [0.25, 0.3) is 0 Å². The molecule has 0 aromatic rings. The van der Waals surface area contributed by atoms with Crippen LogP contribution >= 0.6 is 0 Å². The van der Waals surface area contributed by atoms with Crippen molar-refractivity contribution in [1.82, 2.24) is 10.2 Å². The van der Waals surface area contributed by atoms with E-state index >= 15 is 0 Å². The van der Waals surface area contributed by atoms with Crippen LogP contribution in [0.1, 0.15) is 39.0 Å². The number of ether oxygens (including phenoxy) is 2. The van der Waals surface area contributed by atoms with Crippen LogP contribution in [0.25, 0.3) is 0 Å². The van der Waals surface area contributed by atoms with Crippen LogP contribution in [0.2, 0.25) is 0 Å². The normalized spacial score (nSPS) is 34.6. The van der Waals surface area contributed by atoms with Crippen molar-refractivity contribution in [2.45, 2.75) is 50.7 Å². The van der Waals surface area contributed by atoms with Crippen LogP contribution in [0.4, 0.5) is 0 Å². The number of rotatable bonds is 5. The van der Waals surface area contributed by atoms with Crippen molar-refractivity contribution in [3.63, 3.8) is 0 Å². The van der Waals surface area contributed by atoms with Gasteiger partial charge in [0, 0.05) is 19.7 Å². The van der Waals surface area contributed by atoms with Gasteiger partial charge in [-0.3, -0.25) is 4.79 Å². The third kappa shape index (κ3) is 3.76. The first kappa shape index (κ1) is 16.7. The summed E-state index contributed by atoms with van der Waals surface area (Å²) in [5, 5.41) is 3.27. The summed E-state index contributed by atoms with van der Waals surface area (Å²) >= 11 is 0. The van der Waals surface area contributed by atoms with E-state index < -0.39 is 5.54 Å². The Balaban J connectivity index is 1.93. The van der Waals surface area contributed by atoms with Crippen LogP contribution in [-0.2, 0) is 14.3 Å². The number of carbonyl (C=O) groups is 1. The maximum Gasteiger partial charge on any atom is 0.326 e. The SMILES string of the molecule is CNC1(C(=O)OC)CCCC1CCN1CCCOC(C)C1. The number of nitrogens with one attached hydrogen (secondary N) is 1. The predicted octanol–water partition coefficient (Wildman–Crippen LogP) is 1.42. The summed E-state index contributed by atoms with van der Waals surface area (Å²) in [5.74, 6) is 0.273. The molecule has 1 saturated heterocycles. The van der Waals surface area contributed by atoms with E-state index in [1.165, 1.54) is 7.11 Å². The first-order valence-electron chi connectivity index (χ1n) is 8.23. The van der Waals surface area contributed by atoms with E-state index in [0.29, 0.717) is 12.0 Å². The lowest BCUT2D eigenvalue weighted by Crippen LogP contribution is -2.54. The molecule has 2 rings (SSSR count). The number of carbonyl (C=O) groups excluding carboxylic acids is 1. The number of hydrogen-bond donors (Lipinski definition) is 1. The predicted molar refractivity (Wildman–Crippen MR) is 82.2 cm³/mol. The van der Waals surface area contributed by atoms with Crippen molar-refractivity contribution in [3.05, 3.63) is 0 Å². The monoisotopic (exact) mass is 298 g/mol. The molecule has 2 aliphatic rings. The van der Waals surface area contributed by atoms with Crippen LogP contribution < -0.4 is 5.32 Å². The Labute approximate surface area is 128 Å². The Bertz CT molecular complexity index is 350. The standard InChI is InChI=1S/C16H30N2O3/c1-13-12-18(9-5-11-21-13)10-7-14-6-4-8-16(14,17-2)15(19)20-3/h13-14,17H,4-12H2,1-3H3. The minimum absolute atomic E-state index is 0.0972. The van der Waals surface area contributed by atoms with Crippen LogP contribution in [0, 0.1) is 5.92 Å². The van der Waals surface area contributed by atoms with Crippen LogP contribution in [-0.4, -0.2) is 62.9 Å². The molecule has 0 radical (unpaired) electrons. The summed E-state index contributed by atoms with van der Waals surface area (Å²) in [4.78, 5) is 14.7. The average molecular weight is 298 g/mol. The number of likely N-dealkylation sites (N-methyl/N-ethyl adjacent to an activating group) is 1. The molecule has 2 fully saturated rings. The molecule has 3 unspecified atom stereocenters. The van der Waals surface area contributed by atoms with Gasteiger partial charge in [-0.2, -0.15) is 0 Å². The first-order valence-corrected chi connectivity index (χ1v) is 8.23. The molecule has 3 atom stereocenters. The second-order valence-corrected chi connectivity index (χ2v) is 6.43. The minimum Gasteiger partial charge on any atom is -0.468 e. The van der Waals surface area contributed by atoms with Gasteiger partial charge in [0.2, 0.25) is 0 Å². The number of nitrogens with zero attached hydrogens (tertiary/aromatic N) is 1. The summed E-state index contributed by atoms with van der Waals surface area (Å²) in [6.07, 6.45) is 5.55. The van der Waals surface area contributed by atoms with Crippen molar-refractivity contribution < 1.29 is 14.3 Å². The van der Waals surface area contributed by atoms with Crippen molar-refractivity contribution >= 4 is 5.97 Å². The fourth-order valence-corrected chi connectivity index (χ4v) is 3.97. The molecule has 0 spiro atoms. The molecular weight excluding hydrogens is 268 g/mol. The van der Waals surface area contributed by atoms with E-state index in [-0.39, 0.29) is 5.97 Å². The Kier molecular flexibility index (Phi) is 6.02. The summed E-state index contributed by atoms with van der Waals surface area (Å²) in [7, 11) is 3.38. The molecule has 5 nitrogen and oxygen atoms in total. The smallest absolute Gasteiger partial charge is 0.326 e. The Morgan fingerprint density at radius 2 is 2.29 bits per heavy atom. The zero-order chi connectivity index (χ0) is 15.3. The lowest BCUT2D eigenvalue weighted by molar-refractivity contribution is -0.150. The molecule has 1 heterocycles. The van der Waals surface area contributed by atoms with E-state index in [9.17, 15) is 4.79 Å². The number of hydrogen-bond acceptors (Lipinski definition) is 5. The molecule has 1 saturated carbocycles. The summed E-state index contributed by atoms with van der Waals surface area (Å²) < 4.78 is 10.7. The minimum atomic E-state index is -0.470. The Morgan fingerprint density at radius 3 is 3.00 bits per heavy atom. The lowest BCUT2D eigenvalue weighted by Gasteiger charge is -2.34. The topological polar surface area (TPSA) is 50.8 Å². The van der Waals surface area contributed by atoms with Crippen molar-refractivity contribution in [1.29, 1.82) is 0 Å². The quantitative estimate of drug-likeness (QED) is 0.778. The van der Waals surface area contributed by atoms with Gasteiger partial charge in [0.1, 0.15) is 5.54 Å². The van der Waals surface area contributed by atoms with E-state index in [0.717, 1.165) is 58.3 Å². The highest BCUT2D eigenvalue weighted by Gasteiger charge is 2.48. The van der Waals surface area contributed by atoms with Crippen molar-refractivity contribution in [2.75, 3.05) is 40.4 Å². The lowest BCUT2D eigenvalue weighted by atomic mass is 9.84. The van der Waals surface area contributed by atoms with Crippen LogP contribution in [0.3, 0.4) is 0 Å². The maximum absolute atomic E-state index is 12.2. The molecule has 0 amide bonds. The average Bonchev–Trinajstić information content (AvgIpc) is 2.80. The molecule has 0 aromatic carbocycles. The molecule has 21 heavy (non-hydrogen) atoms. The third-order valence-corrected chi connectivity index (χ3v) is 5.15. The van der Waals surface area contributed by atoms with Crippen molar-refractivity contribution in [2.24, 2.45) is 5.92 Å². The number of esters is 1. The van der Waals surface area contributed by atoms with Crippen LogP contribution in [0.5, 0.6) is 0 Å². The molecule has 122 valence electrons. The fourth-order valence-electron chi connectivity index (χ4n) is 3.97. The highest BCUT2D eigenvalue weighted by atomic mass is 16.5. The molecule has 1 N–H and O–H groups in total. The second kappa shape index (κ2) is 7.56. The molecule has 1 aliphatic heterocycles. The van der Waals surface area contributed by atoms with Crippen LogP contribution in [0.15, 0.2) is 0 Å². The maximum atomic E-state index is 12.2. The van der Waals surface area contributed by atoms with E-state index in [1.54, 1.807) is 0 Å². The van der Waals surface area contributed by atoms with Gasteiger partial charge >= 0.3 is 5.97 Å². The Hall–Kier alpha value is -0.650. The number of methoxy groups -OCH3 is 1. The molecule has 0 aromatic heterocycles. The zero-order valence-electron chi connectivity index (χ0n) is 13.7. The molecule has 5 heteroatoms. The highest BCUT2D eigenvalue weighted by molar-refractivity contribution is 5.81. The van der Waals surface area contributed by atoms with Gasteiger partial charge in [0.15, 0.2) is 0 Å². The van der Waals surface area contributed by atoms with Gasteiger partial charge in [0.05, 0.1) is 13.2 Å². The summed E-state index contributed by atoms with van der Waals surface area (Å²) in [6, 6.07) is 0. The zero-order valence-corrected chi connectivity index (χ0v) is 13.7. The van der Waals surface area contributed by atoms with E-state index in [4.69, 9.17) is 9.47 Å². The molecular formula is C16H30N2O3. The first-order chi connectivity index (χ1) is 10.1. The highest BCUT2D eigenvalue weighted by Crippen LogP contribution is 2.38. The van der Waals surface area contributed by atoms with E-state index in [2.05, 4.69) is 17.1 Å². The molecule has 0 bridgehead atoms. The summed E-state index contributed by atoms with van der Waals surface area (Å²) in [5.41, 5.74) is -0.470. The van der Waals surface area contributed by atoms with E-state index in [1.807, 2.05) is 7.05 Å². The largest absolute Gasteiger partial charge is 0.468 e. The van der Waals surface area contributed by atoms with Gasteiger partial charge in [-0.25, -0.2) is 0 Å². The van der Waals surface area contributed by atoms with Gasteiger partial charge < -0.3 is 19.7 Å². The third-order valence-electron chi connectivity index (χ3n) is 5.15. The second-order valence-electron chi connectivity index (χ2n) is 6.43. The van der Waals surface area contributed by atoms with Gasteiger partial charge in [-0.15, -0.1) is 0 Å². The van der Waals surface area contributed by atoms with Gasteiger partial charge in [-0.05, 0) is 52.1 Å². The Morgan fingerprint density at radius 1 is 1.48 bits per heavy atom.